The van der Waals surface area contributed by atoms with E-state index in [0.717, 1.165) is 12.8 Å². The predicted molar refractivity (Wildman–Crippen MR) is 83.5 cm³/mol. The van der Waals surface area contributed by atoms with Crippen LogP contribution in [0.3, 0.4) is 0 Å². The lowest BCUT2D eigenvalue weighted by molar-refractivity contribution is -0.127. The predicted octanol–water partition coefficient (Wildman–Crippen LogP) is 4.13. The van der Waals surface area contributed by atoms with Crippen molar-refractivity contribution < 1.29 is 4.74 Å². The number of nitrogens with one attached hydrogen (secondary N) is 1. The number of hydrogen-bond acceptors (Lipinski definition) is 2. The second kappa shape index (κ2) is 9.02. The highest BCUT2D eigenvalue weighted by Crippen LogP contribution is 2.33. The maximum absolute atomic E-state index is 6.39. The van der Waals surface area contributed by atoms with Crippen LogP contribution < -0.4 is 5.23 Å². The van der Waals surface area contributed by atoms with Crippen LogP contribution in [-0.2, 0) is 4.74 Å². The first-order valence-electron chi connectivity index (χ1n) is 8.27. The normalized spacial score (nSPS) is 25.8. The molecule has 0 aliphatic heterocycles. The third-order valence-electron chi connectivity index (χ3n) is 4.40. The Morgan fingerprint density at radius 2 is 1.68 bits per heavy atom. The van der Waals surface area contributed by atoms with Gasteiger partial charge in [0.25, 0.3) is 0 Å². The van der Waals surface area contributed by atoms with E-state index in [-0.39, 0.29) is 5.60 Å². The molecule has 110 valence electrons. The smallest absolute Gasteiger partial charge is 0.178 e. The summed E-state index contributed by atoms with van der Waals surface area (Å²) in [5.74, 6) is 0. The second-order valence-electron chi connectivity index (χ2n) is 6.44. The first kappa shape index (κ1) is 17.0. The fourth-order valence-electron chi connectivity index (χ4n) is 2.92. The maximum Gasteiger partial charge on any atom is 0.178 e. The van der Waals surface area contributed by atoms with Crippen molar-refractivity contribution in [2.75, 3.05) is 0 Å². The van der Waals surface area contributed by atoms with E-state index in [0.29, 0.717) is 12.1 Å². The van der Waals surface area contributed by atoms with Gasteiger partial charge >= 0.3 is 0 Å². The average Bonchev–Trinajstić information content (AvgIpc) is 2.36. The SMILES string of the molecule is [B]NC1CC(OC(C)(CCCC)CCCCCC)C1. The van der Waals surface area contributed by atoms with Crippen LogP contribution in [0.1, 0.15) is 85.0 Å². The van der Waals surface area contributed by atoms with Crippen LogP contribution in [0, 0.1) is 0 Å². The zero-order valence-corrected chi connectivity index (χ0v) is 13.2. The van der Waals surface area contributed by atoms with Crippen LogP contribution in [0.5, 0.6) is 0 Å². The molecule has 0 bridgehead atoms. The molecule has 1 atom stereocenters. The van der Waals surface area contributed by atoms with Crippen LogP contribution in [0.2, 0.25) is 0 Å². The minimum atomic E-state index is 0.0913. The maximum atomic E-state index is 6.39. The van der Waals surface area contributed by atoms with Gasteiger partial charge in [0.05, 0.1) is 11.7 Å². The van der Waals surface area contributed by atoms with Crippen molar-refractivity contribution in [2.24, 2.45) is 0 Å². The molecular formula is C16H32BNO. The molecule has 0 heterocycles. The molecule has 0 aromatic rings. The Bertz CT molecular complexity index is 231. The van der Waals surface area contributed by atoms with Crippen molar-refractivity contribution in [3.63, 3.8) is 0 Å². The van der Waals surface area contributed by atoms with E-state index >= 15 is 0 Å². The summed E-state index contributed by atoms with van der Waals surface area (Å²) < 4.78 is 6.39. The zero-order valence-electron chi connectivity index (χ0n) is 13.2. The number of unbranched alkanes of at least 4 members (excludes halogenated alkanes) is 4. The highest BCUT2D eigenvalue weighted by molar-refractivity contribution is 6.04. The lowest BCUT2D eigenvalue weighted by atomic mass is 9.85. The van der Waals surface area contributed by atoms with Crippen molar-refractivity contribution in [3.8, 4) is 0 Å². The number of ether oxygens (including phenoxy) is 1. The first-order chi connectivity index (χ1) is 9.13. The standard InChI is InChI=1S/C16H32BNO/c1-4-6-8-9-11-16(3,10-7-5-2)19-15-12-14(13-15)18-17/h14-15,18H,4-13H2,1-3H3. The minimum absolute atomic E-state index is 0.0913. The number of hydrogen-bond donors (Lipinski definition) is 1. The van der Waals surface area contributed by atoms with E-state index in [4.69, 9.17) is 12.7 Å². The molecule has 19 heavy (non-hydrogen) atoms. The molecule has 3 heteroatoms. The molecule has 1 aliphatic rings. The van der Waals surface area contributed by atoms with Crippen LogP contribution in [0.15, 0.2) is 0 Å². The summed E-state index contributed by atoms with van der Waals surface area (Å²) in [6, 6.07) is 0.473. The average molecular weight is 265 g/mol. The van der Waals surface area contributed by atoms with E-state index in [1.54, 1.807) is 0 Å². The molecule has 1 N–H and O–H groups in total. The Morgan fingerprint density at radius 1 is 1.05 bits per heavy atom. The molecule has 1 saturated carbocycles. The van der Waals surface area contributed by atoms with Gasteiger partial charge in [-0.15, -0.1) is 0 Å². The van der Waals surface area contributed by atoms with E-state index in [9.17, 15) is 0 Å². The van der Waals surface area contributed by atoms with E-state index < -0.39 is 0 Å². The Kier molecular flexibility index (Phi) is 8.09. The van der Waals surface area contributed by atoms with Crippen LogP contribution in [0.4, 0.5) is 0 Å². The first-order valence-corrected chi connectivity index (χ1v) is 8.27. The highest BCUT2D eigenvalue weighted by Gasteiger charge is 2.35. The molecule has 1 unspecified atom stereocenters. The molecule has 1 fully saturated rings. The fourth-order valence-corrected chi connectivity index (χ4v) is 2.92. The molecule has 0 aromatic heterocycles. The van der Waals surface area contributed by atoms with Crippen molar-refractivity contribution in [1.29, 1.82) is 0 Å². The van der Waals surface area contributed by atoms with Crippen molar-refractivity contribution in [1.82, 2.24) is 5.23 Å². The fraction of sp³-hybridized carbons (Fsp3) is 1.00. The molecule has 1 aliphatic carbocycles. The van der Waals surface area contributed by atoms with Gasteiger partial charge in [0.2, 0.25) is 0 Å². The summed E-state index contributed by atoms with van der Waals surface area (Å²) >= 11 is 0. The van der Waals surface area contributed by atoms with Gasteiger partial charge < -0.3 is 9.96 Å². The molecule has 0 spiro atoms. The van der Waals surface area contributed by atoms with E-state index in [1.807, 2.05) is 0 Å². The zero-order chi connectivity index (χ0) is 14.1. The van der Waals surface area contributed by atoms with Gasteiger partial charge in [0.1, 0.15) is 0 Å². The summed E-state index contributed by atoms with van der Waals surface area (Å²) in [5.41, 5.74) is 0.0913. The second-order valence-corrected chi connectivity index (χ2v) is 6.44. The third kappa shape index (κ3) is 6.31. The largest absolute Gasteiger partial charge is 0.372 e. The third-order valence-corrected chi connectivity index (χ3v) is 4.40. The topological polar surface area (TPSA) is 21.3 Å². The Hall–Kier alpha value is -0.0151. The minimum Gasteiger partial charge on any atom is -0.372 e. The summed E-state index contributed by atoms with van der Waals surface area (Å²) in [5, 5.41) is 2.84. The van der Waals surface area contributed by atoms with E-state index in [1.165, 1.54) is 51.4 Å². The van der Waals surface area contributed by atoms with Gasteiger partial charge in [-0.05, 0) is 32.6 Å². The molecular weight excluding hydrogens is 233 g/mol. The van der Waals surface area contributed by atoms with Crippen LogP contribution in [-0.4, -0.2) is 25.7 Å². The highest BCUT2D eigenvalue weighted by atomic mass is 16.5. The lowest BCUT2D eigenvalue weighted by Gasteiger charge is -2.42. The quantitative estimate of drug-likeness (QED) is 0.448. The molecule has 0 saturated heterocycles. The van der Waals surface area contributed by atoms with Crippen LogP contribution in [0.25, 0.3) is 0 Å². The molecule has 0 amide bonds. The van der Waals surface area contributed by atoms with Gasteiger partial charge in [-0.3, -0.25) is 0 Å². The van der Waals surface area contributed by atoms with Crippen molar-refractivity contribution >= 4 is 7.98 Å². The van der Waals surface area contributed by atoms with E-state index in [2.05, 4.69) is 26.0 Å². The Morgan fingerprint density at radius 3 is 2.26 bits per heavy atom. The molecule has 2 nitrogen and oxygen atoms in total. The summed E-state index contributed by atoms with van der Waals surface area (Å²) in [7, 11) is 5.45. The van der Waals surface area contributed by atoms with Gasteiger partial charge in [0.15, 0.2) is 7.98 Å². The Balaban J connectivity index is 2.31. The van der Waals surface area contributed by atoms with Gasteiger partial charge in [-0.25, -0.2) is 0 Å². The molecule has 0 aromatic carbocycles. The monoisotopic (exact) mass is 265 g/mol. The Labute approximate surface area is 121 Å². The molecule has 1 rings (SSSR count). The lowest BCUT2D eigenvalue weighted by Crippen LogP contribution is -2.48. The number of rotatable bonds is 11. The van der Waals surface area contributed by atoms with Gasteiger partial charge in [-0.2, -0.15) is 0 Å². The van der Waals surface area contributed by atoms with Gasteiger partial charge in [-0.1, -0.05) is 52.4 Å². The summed E-state index contributed by atoms with van der Waals surface area (Å²) in [6.45, 7) is 6.84. The van der Waals surface area contributed by atoms with Crippen molar-refractivity contribution in [3.05, 3.63) is 0 Å². The van der Waals surface area contributed by atoms with Crippen molar-refractivity contribution in [2.45, 2.75) is 103 Å². The van der Waals surface area contributed by atoms with Gasteiger partial charge in [0, 0.05) is 6.04 Å². The molecule has 2 radical (unpaired) electrons. The summed E-state index contributed by atoms with van der Waals surface area (Å²) in [4.78, 5) is 0. The summed E-state index contributed by atoms with van der Waals surface area (Å²) in [6.07, 6.45) is 12.8. The van der Waals surface area contributed by atoms with Crippen LogP contribution >= 0.6 is 0 Å².